The zero-order valence-corrected chi connectivity index (χ0v) is 17.5. The Kier molecular flexibility index (Phi) is 6.87. The van der Waals surface area contributed by atoms with Crippen molar-refractivity contribution in [2.75, 3.05) is 6.79 Å². The number of hydrogen-bond acceptors (Lipinski definition) is 5. The van der Waals surface area contributed by atoms with Crippen molar-refractivity contribution in [3.8, 4) is 11.5 Å². The minimum absolute atomic E-state index is 0.129. The second-order valence-electron chi connectivity index (χ2n) is 7.35. The molecule has 0 bridgehead atoms. The number of nitrogens with one attached hydrogen (secondary N) is 2. The summed E-state index contributed by atoms with van der Waals surface area (Å²) in [5.74, 6) is 1.04. The molecule has 7 nitrogen and oxygen atoms in total. The predicted molar refractivity (Wildman–Crippen MR) is 118 cm³/mol. The van der Waals surface area contributed by atoms with Crippen LogP contribution in [0.5, 0.6) is 11.5 Å². The molecule has 1 heterocycles. The molecule has 3 aromatic carbocycles. The van der Waals surface area contributed by atoms with E-state index in [1.165, 1.54) is 0 Å². The lowest BCUT2D eigenvalue weighted by Gasteiger charge is -2.19. The van der Waals surface area contributed by atoms with E-state index < -0.39 is 12.1 Å². The Bertz CT molecular complexity index is 1060. The summed E-state index contributed by atoms with van der Waals surface area (Å²) in [6.07, 6.45) is -0.304. The molecule has 4 rings (SSSR count). The van der Waals surface area contributed by atoms with Crippen molar-refractivity contribution in [2.24, 2.45) is 0 Å². The topological polar surface area (TPSA) is 85.9 Å². The van der Waals surface area contributed by atoms with Gasteiger partial charge in [0.05, 0.1) is 0 Å². The number of amides is 2. The molecule has 1 aliphatic heterocycles. The Morgan fingerprint density at radius 3 is 2.28 bits per heavy atom. The van der Waals surface area contributed by atoms with Gasteiger partial charge in [-0.25, -0.2) is 4.79 Å². The number of benzene rings is 3. The fourth-order valence-corrected chi connectivity index (χ4v) is 3.33. The first-order valence-electron chi connectivity index (χ1n) is 10.3. The highest BCUT2D eigenvalue weighted by molar-refractivity contribution is 5.85. The number of carbonyl (C=O) groups is 2. The van der Waals surface area contributed by atoms with E-state index in [4.69, 9.17) is 14.2 Å². The summed E-state index contributed by atoms with van der Waals surface area (Å²) in [5, 5.41) is 5.58. The van der Waals surface area contributed by atoms with Crippen LogP contribution in [0.25, 0.3) is 0 Å². The molecular weight excluding hydrogens is 408 g/mol. The molecular formula is C25H24N2O5. The van der Waals surface area contributed by atoms with E-state index in [9.17, 15) is 9.59 Å². The lowest BCUT2D eigenvalue weighted by Crippen LogP contribution is -2.48. The molecule has 164 valence electrons. The highest BCUT2D eigenvalue weighted by Gasteiger charge is 2.22. The van der Waals surface area contributed by atoms with E-state index in [1.54, 1.807) is 0 Å². The van der Waals surface area contributed by atoms with Crippen molar-refractivity contribution < 1.29 is 23.8 Å². The molecule has 0 radical (unpaired) electrons. The summed E-state index contributed by atoms with van der Waals surface area (Å²) in [7, 11) is 0. The smallest absolute Gasteiger partial charge is 0.408 e. The molecule has 3 aromatic rings. The van der Waals surface area contributed by atoms with Gasteiger partial charge in [0.2, 0.25) is 12.7 Å². The SMILES string of the molecule is O=C(N[C@@H](Cc1ccccc1)C(=O)NCc1ccc2c(c1)OCO2)OCc1ccccc1. The fraction of sp³-hybridized carbons (Fsp3) is 0.200. The minimum Gasteiger partial charge on any atom is -0.454 e. The van der Waals surface area contributed by atoms with Gasteiger partial charge in [-0.3, -0.25) is 4.79 Å². The molecule has 0 spiro atoms. The summed E-state index contributed by atoms with van der Waals surface area (Å²) >= 11 is 0. The quantitative estimate of drug-likeness (QED) is 0.568. The van der Waals surface area contributed by atoms with Gasteiger partial charge in [-0.1, -0.05) is 66.7 Å². The first-order valence-corrected chi connectivity index (χ1v) is 10.3. The van der Waals surface area contributed by atoms with E-state index in [-0.39, 0.29) is 19.3 Å². The predicted octanol–water partition coefficient (Wildman–Crippen LogP) is 3.57. The normalized spacial score (nSPS) is 12.6. The number of ether oxygens (including phenoxy) is 3. The van der Waals surface area contributed by atoms with Gasteiger partial charge >= 0.3 is 6.09 Å². The Balaban J connectivity index is 1.37. The van der Waals surface area contributed by atoms with E-state index in [0.717, 1.165) is 16.7 Å². The van der Waals surface area contributed by atoms with Gasteiger partial charge in [-0.2, -0.15) is 0 Å². The van der Waals surface area contributed by atoms with Crippen LogP contribution < -0.4 is 20.1 Å². The average Bonchev–Trinajstić information content (AvgIpc) is 3.30. The molecule has 0 saturated heterocycles. The van der Waals surface area contributed by atoms with Crippen molar-refractivity contribution >= 4 is 12.0 Å². The maximum atomic E-state index is 12.9. The molecule has 0 aliphatic carbocycles. The number of hydrogen-bond donors (Lipinski definition) is 2. The zero-order valence-electron chi connectivity index (χ0n) is 17.5. The summed E-state index contributed by atoms with van der Waals surface area (Å²) in [6.45, 7) is 0.615. The van der Waals surface area contributed by atoms with Gasteiger partial charge in [0, 0.05) is 13.0 Å². The number of alkyl carbamates (subject to hydrolysis) is 1. The average molecular weight is 432 g/mol. The molecule has 2 amide bonds. The lowest BCUT2D eigenvalue weighted by atomic mass is 10.1. The van der Waals surface area contributed by atoms with Crippen LogP contribution in [0.3, 0.4) is 0 Å². The van der Waals surface area contributed by atoms with Crippen LogP contribution in [0.2, 0.25) is 0 Å². The first kappa shape index (κ1) is 21.2. The highest BCUT2D eigenvalue weighted by Crippen LogP contribution is 2.32. The summed E-state index contributed by atoms with van der Waals surface area (Å²) in [5.41, 5.74) is 2.67. The minimum atomic E-state index is -0.783. The van der Waals surface area contributed by atoms with Crippen molar-refractivity contribution in [3.05, 3.63) is 95.6 Å². The third kappa shape index (κ3) is 5.78. The number of fused-ring (bicyclic) bond motifs is 1. The highest BCUT2D eigenvalue weighted by atomic mass is 16.7. The van der Waals surface area contributed by atoms with Gasteiger partial charge in [-0.15, -0.1) is 0 Å². The Labute approximate surface area is 186 Å². The molecule has 2 N–H and O–H groups in total. The van der Waals surface area contributed by atoms with Crippen LogP contribution in [0.1, 0.15) is 16.7 Å². The van der Waals surface area contributed by atoms with Crippen LogP contribution in [0.15, 0.2) is 78.9 Å². The molecule has 0 fully saturated rings. The van der Waals surface area contributed by atoms with E-state index >= 15 is 0 Å². The van der Waals surface area contributed by atoms with Gasteiger partial charge in [0.1, 0.15) is 12.6 Å². The molecule has 0 unspecified atom stereocenters. The van der Waals surface area contributed by atoms with Crippen LogP contribution in [-0.2, 0) is 29.1 Å². The Morgan fingerprint density at radius 2 is 1.53 bits per heavy atom. The molecule has 0 saturated carbocycles. The van der Waals surface area contributed by atoms with Crippen LogP contribution in [0.4, 0.5) is 4.79 Å². The van der Waals surface area contributed by atoms with E-state index in [1.807, 2.05) is 78.9 Å². The molecule has 1 aliphatic rings. The van der Waals surface area contributed by atoms with E-state index in [2.05, 4.69) is 10.6 Å². The van der Waals surface area contributed by atoms with Crippen LogP contribution in [0, 0.1) is 0 Å². The number of rotatable bonds is 8. The monoisotopic (exact) mass is 432 g/mol. The number of carbonyl (C=O) groups excluding carboxylic acids is 2. The van der Waals surface area contributed by atoms with Crippen molar-refractivity contribution in [2.45, 2.75) is 25.6 Å². The Hall–Kier alpha value is -4.00. The van der Waals surface area contributed by atoms with Crippen LogP contribution in [-0.4, -0.2) is 24.8 Å². The molecule has 32 heavy (non-hydrogen) atoms. The second kappa shape index (κ2) is 10.3. The van der Waals surface area contributed by atoms with Crippen LogP contribution >= 0.6 is 0 Å². The maximum Gasteiger partial charge on any atom is 0.408 e. The lowest BCUT2D eigenvalue weighted by molar-refractivity contribution is -0.123. The van der Waals surface area contributed by atoms with Gasteiger partial charge in [-0.05, 0) is 28.8 Å². The van der Waals surface area contributed by atoms with Crippen molar-refractivity contribution in [1.82, 2.24) is 10.6 Å². The van der Waals surface area contributed by atoms with Crippen molar-refractivity contribution in [3.63, 3.8) is 0 Å². The van der Waals surface area contributed by atoms with Gasteiger partial charge in [0.15, 0.2) is 11.5 Å². The first-order chi connectivity index (χ1) is 15.7. The summed E-state index contributed by atoms with van der Waals surface area (Å²) in [6, 6.07) is 23.6. The third-order valence-electron chi connectivity index (χ3n) is 5.01. The fourth-order valence-electron chi connectivity index (χ4n) is 3.33. The maximum absolute atomic E-state index is 12.9. The molecule has 0 aromatic heterocycles. The van der Waals surface area contributed by atoms with E-state index in [0.29, 0.717) is 24.5 Å². The third-order valence-corrected chi connectivity index (χ3v) is 5.01. The molecule has 1 atom stereocenters. The molecule has 7 heteroatoms. The van der Waals surface area contributed by atoms with Crippen molar-refractivity contribution in [1.29, 1.82) is 0 Å². The summed E-state index contributed by atoms with van der Waals surface area (Å²) in [4.78, 5) is 25.3. The largest absolute Gasteiger partial charge is 0.454 e. The zero-order chi connectivity index (χ0) is 22.2. The Morgan fingerprint density at radius 1 is 0.844 bits per heavy atom. The van der Waals surface area contributed by atoms with Gasteiger partial charge < -0.3 is 24.8 Å². The summed E-state index contributed by atoms with van der Waals surface area (Å²) < 4.78 is 16.0. The van der Waals surface area contributed by atoms with Gasteiger partial charge in [0.25, 0.3) is 0 Å². The second-order valence-corrected chi connectivity index (χ2v) is 7.35. The standard InChI is InChI=1S/C25H24N2O5/c28-24(26-15-20-11-12-22-23(14-20)32-17-31-22)21(13-18-7-3-1-4-8-18)27-25(29)30-16-19-9-5-2-6-10-19/h1-12,14,21H,13,15-17H2,(H,26,28)(H,27,29)/t21-/m0/s1.